The van der Waals surface area contributed by atoms with Gasteiger partial charge in [-0.1, -0.05) is 48.0 Å². The van der Waals surface area contributed by atoms with Crippen LogP contribution in [0.15, 0.2) is 72.8 Å². The Bertz CT molecular complexity index is 1130. The van der Waals surface area contributed by atoms with Crippen LogP contribution in [0.4, 0.5) is 0 Å². The molecule has 0 radical (unpaired) electrons. The fourth-order valence-corrected chi connectivity index (χ4v) is 4.07. The van der Waals surface area contributed by atoms with Crippen molar-refractivity contribution < 1.29 is 14.7 Å². The van der Waals surface area contributed by atoms with Crippen LogP contribution in [-0.2, 0) is 16.1 Å². The zero-order chi connectivity index (χ0) is 22.0. The first kappa shape index (κ1) is 20.6. The third-order valence-corrected chi connectivity index (χ3v) is 5.68. The van der Waals surface area contributed by atoms with Crippen LogP contribution in [-0.4, -0.2) is 37.8 Å². The minimum absolute atomic E-state index is 0.120. The van der Waals surface area contributed by atoms with E-state index in [1.807, 2.05) is 73.1 Å². The fraction of sp³-hybridized carbons (Fsp3) is 0.240. The number of carbonyl (C=O) groups is 2. The van der Waals surface area contributed by atoms with E-state index in [4.69, 9.17) is 0 Å². The average Bonchev–Trinajstić information content (AvgIpc) is 3.38. The maximum Gasteiger partial charge on any atom is 0.295 e. The van der Waals surface area contributed by atoms with Gasteiger partial charge in [-0.2, -0.15) is 0 Å². The van der Waals surface area contributed by atoms with E-state index in [1.54, 1.807) is 17.4 Å². The van der Waals surface area contributed by atoms with E-state index in [0.717, 1.165) is 16.7 Å². The summed E-state index contributed by atoms with van der Waals surface area (Å²) in [7, 11) is 0. The van der Waals surface area contributed by atoms with Gasteiger partial charge in [-0.15, -0.1) is 0 Å². The highest BCUT2D eigenvalue weighted by Gasteiger charge is 2.45. The molecule has 1 saturated heterocycles. The SMILES string of the molecule is Cc1ccc(C)c(C(O)=C2C(=O)C(=O)N(CCCn3ccnc3)[C@@H]2c2ccccc2)c1. The highest BCUT2D eigenvalue weighted by atomic mass is 16.3. The molecule has 31 heavy (non-hydrogen) atoms. The molecule has 6 nitrogen and oxygen atoms in total. The maximum absolute atomic E-state index is 13.1. The molecule has 4 rings (SSSR count). The van der Waals surface area contributed by atoms with Gasteiger partial charge in [0.1, 0.15) is 5.76 Å². The first-order chi connectivity index (χ1) is 15.0. The number of aliphatic hydroxyl groups is 1. The Kier molecular flexibility index (Phi) is 5.71. The van der Waals surface area contributed by atoms with Gasteiger partial charge in [0.25, 0.3) is 11.7 Å². The smallest absolute Gasteiger partial charge is 0.295 e. The van der Waals surface area contributed by atoms with Crippen molar-refractivity contribution in [2.45, 2.75) is 32.9 Å². The molecule has 2 aromatic carbocycles. The van der Waals surface area contributed by atoms with Crippen LogP contribution < -0.4 is 0 Å². The van der Waals surface area contributed by atoms with Crippen molar-refractivity contribution in [2.24, 2.45) is 0 Å². The molecule has 6 heteroatoms. The first-order valence-corrected chi connectivity index (χ1v) is 10.3. The van der Waals surface area contributed by atoms with E-state index in [2.05, 4.69) is 4.98 Å². The zero-order valence-electron chi connectivity index (χ0n) is 17.7. The molecule has 0 unspecified atom stereocenters. The van der Waals surface area contributed by atoms with Crippen LogP contribution in [0.2, 0.25) is 0 Å². The predicted octanol–water partition coefficient (Wildman–Crippen LogP) is 4.01. The molecule has 0 bridgehead atoms. The fourth-order valence-electron chi connectivity index (χ4n) is 4.07. The second-order valence-corrected chi connectivity index (χ2v) is 7.88. The van der Waals surface area contributed by atoms with Gasteiger partial charge in [0.2, 0.25) is 0 Å². The van der Waals surface area contributed by atoms with Crippen molar-refractivity contribution in [3.63, 3.8) is 0 Å². The van der Waals surface area contributed by atoms with Gasteiger partial charge in [0.15, 0.2) is 0 Å². The summed E-state index contributed by atoms with van der Waals surface area (Å²) in [5.41, 5.74) is 3.35. The first-order valence-electron chi connectivity index (χ1n) is 10.3. The van der Waals surface area contributed by atoms with E-state index >= 15 is 0 Å². The third kappa shape index (κ3) is 4.01. The van der Waals surface area contributed by atoms with Crippen LogP contribution >= 0.6 is 0 Å². The molecular weight excluding hydrogens is 390 g/mol. The summed E-state index contributed by atoms with van der Waals surface area (Å²) < 4.78 is 1.93. The van der Waals surface area contributed by atoms with Crippen LogP contribution in [0.1, 0.15) is 34.7 Å². The van der Waals surface area contributed by atoms with Crippen LogP contribution in [0.5, 0.6) is 0 Å². The molecule has 1 N–H and O–H groups in total. The topological polar surface area (TPSA) is 75.4 Å². The van der Waals surface area contributed by atoms with E-state index in [-0.39, 0.29) is 11.3 Å². The van der Waals surface area contributed by atoms with Crippen molar-refractivity contribution >= 4 is 17.4 Å². The molecular formula is C25H25N3O3. The normalized spacial score (nSPS) is 18.0. The number of likely N-dealkylation sites (tertiary alicyclic amines) is 1. The quantitative estimate of drug-likeness (QED) is 0.375. The molecule has 0 spiro atoms. The number of carbonyl (C=O) groups excluding carboxylic acids is 2. The molecule has 1 aliphatic rings. The summed E-state index contributed by atoms with van der Waals surface area (Å²) in [6, 6.07) is 14.5. The lowest BCUT2D eigenvalue weighted by Crippen LogP contribution is -2.31. The summed E-state index contributed by atoms with van der Waals surface area (Å²) in [4.78, 5) is 31.7. The molecule has 3 aromatic rings. The molecule has 0 saturated carbocycles. The van der Waals surface area contributed by atoms with Crippen molar-refractivity contribution in [3.8, 4) is 0 Å². The molecule has 1 amide bonds. The monoisotopic (exact) mass is 415 g/mol. The Balaban J connectivity index is 1.75. The Hall–Kier alpha value is -3.67. The van der Waals surface area contributed by atoms with Gasteiger partial charge in [0.05, 0.1) is 17.9 Å². The lowest BCUT2D eigenvalue weighted by Gasteiger charge is -2.25. The van der Waals surface area contributed by atoms with Gasteiger partial charge in [-0.3, -0.25) is 9.59 Å². The summed E-state index contributed by atoms with van der Waals surface area (Å²) in [6.45, 7) is 4.89. The average molecular weight is 415 g/mol. The number of nitrogens with zero attached hydrogens (tertiary/aromatic N) is 3. The highest BCUT2D eigenvalue weighted by Crippen LogP contribution is 2.39. The van der Waals surface area contributed by atoms with Gasteiger partial charge in [0, 0.05) is 31.0 Å². The van der Waals surface area contributed by atoms with Crippen molar-refractivity contribution in [2.75, 3.05) is 6.54 Å². The number of amides is 1. The van der Waals surface area contributed by atoms with E-state index in [0.29, 0.717) is 25.1 Å². The number of imidazole rings is 1. The van der Waals surface area contributed by atoms with Crippen LogP contribution in [0.25, 0.3) is 5.76 Å². The summed E-state index contributed by atoms with van der Waals surface area (Å²) in [5, 5.41) is 11.2. The largest absolute Gasteiger partial charge is 0.507 e. The summed E-state index contributed by atoms with van der Waals surface area (Å²) >= 11 is 0. The highest BCUT2D eigenvalue weighted by molar-refractivity contribution is 6.46. The number of aliphatic hydroxyl groups excluding tert-OH is 1. The minimum Gasteiger partial charge on any atom is -0.507 e. The second kappa shape index (κ2) is 8.60. The van der Waals surface area contributed by atoms with E-state index in [1.165, 1.54) is 0 Å². The van der Waals surface area contributed by atoms with Crippen molar-refractivity contribution in [1.29, 1.82) is 0 Å². The molecule has 1 aliphatic heterocycles. The lowest BCUT2D eigenvalue weighted by atomic mass is 9.93. The molecule has 1 aromatic heterocycles. The van der Waals surface area contributed by atoms with Gasteiger partial charge >= 0.3 is 0 Å². The molecule has 158 valence electrons. The number of rotatable bonds is 6. The number of hydrogen-bond acceptors (Lipinski definition) is 4. The number of Topliss-reactive ketones (excluding diaryl/α,β-unsaturated/α-hetero) is 1. The van der Waals surface area contributed by atoms with Crippen molar-refractivity contribution in [3.05, 3.63) is 95.1 Å². The Morgan fingerprint density at radius 2 is 1.84 bits per heavy atom. The number of ketones is 1. The Labute approximate surface area is 181 Å². The minimum atomic E-state index is -0.644. The Morgan fingerprint density at radius 1 is 1.06 bits per heavy atom. The van der Waals surface area contributed by atoms with Gasteiger partial charge in [-0.25, -0.2) is 4.98 Å². The lowest BCUT2D eigenvalue weighted by molar-refractivity contribution is -0.139. The summed E-state index contributed by atoms with van der Waals surface area (Å²) in [6.07, 6.45) is 5.96. The van der Waals surface area contributed by atoms with Gasteiger partial charge in [-0.05, 0) is 37.5 Å². The van der Waals surface area contributed by atoms with Crippen LogP contribution in [0, 0.1) is 13.8 Å². The molecule has 1 fully saturated rings. The van der Waals surface area contributed by atoms with Gasteiger partial charge < -0.3 is 14.6 Å². The van der Waals surface area contributed by atoms with E-state index < -0.39 is 17.7 Å². The molecule has 0 aliphatic carbocycles. The van der Waals surface area contributed by atoms with E-state index in [9.17, 15) is 14.7 Å². The Morgan fingerprint density at radius 3 is 2.55 bits per heavy atom. The third-order valence-electron chi connectivity index (χ3n) is 5.68. The van der Waals surface area contributed by atoms with Crippen LogP contribution in [0.3, 0.4) is 0 Å². The molecule has 1 atom stereocenters. The zero-order valence-corrected chi connectivity index (χ0v) is 17.7. The standard InChI is InChI=1S/C25H25N3O3/c1-17-9-10-18(2)20(15-17)23(29)21-22(19-7-4-3-5-8-19)28(25(31)24(21)30)13-6-12-27-14-11-26-16-27/h3-5,7-11,14-16,22,29H,6,12-13H2,1-2H3/t22-/m1/s1. The predicted molar refractivity (Wildman–Crippen MR) is 118 cm³/mol. The summed E-state index contributed by atoms with van der Waals surface area (Å²) in [5.74, 6) is -1.34. The number of hydrogen-bond donors (Lipinski definition) is 1. The maximum atomic E-state index is 13.1. The molecule has 2 heterocycles. The number of benzene rings is 2. The second-order valence-electron chi connectivity index (χ2n) is 7.88. The number of aromatic nitrogens is 2. The van der Waals surface area contributed by atoms with Crippen molar-refractivity contribution in [1.82, 2.24) is 14.5 Å². The number of aryl methyl sites for hydroxylation is 3.